The molecule has 0 saturated carbocycles. The molecule has 0 aliphatic rings. The summed E-state index contributed by atoms with van der Waals surface area (Å²) in [4.78, 5) is 0. The summed E-state index contributed by atoms with van der Waals surface area (Å²) < 4.78 is 10.5. The molecule has 1 aromatic carbocycles. The number of nitrogens with zero attached hydrogens (tertiary/aromatic N) is 1. The highest BCUT2D eigenvalue weighted by Crippen LogP contribution is 2.28. The van der Waals surface area contributed by atoms with Gasteiger partial charge in [0.1, 0.15) is 6.07 Å². The van der Waals surface area contributed by atoms with Crippen molar-refractivity contribution >= 4 is 0 Å². The summed E-state index contributed by atoms with van der Waals surface area (Å²) in [5.74, 6) is 1.26. The first kappa shape index (κ1) is 10.4. The molecule has 0 radical (unpaired) electrons. The Hall–Kier alpha value is -1.69. The summed E-state index contributed by atoms with van der Waals surface area (Å²) in [6.07, 6.45) is -0.466. The molecule has 74 valence electrons. The van der Waals surface area contributed by atoms with Crippen LogP contribution in [0.15, 0.2) is 18.2 Å². The molecule has 1 unspecified atom stereocenters. The first-order valence-corrected chi connectivity index (χ1v) is 4.38. The Morgan fingerprint density at radius 1 is 1.36 bits per heavy atom. The van der Waals surface area contributed by atoms with E-state index in [-0.39, 0.29) is 0 Å². The van der Waals surface area contributed by atoms with Crippen molar-refractivity contribution in [3.63, 3.8) is 0 Å². The smallest absolute Gasteiger partial charge is 0.181 e. The maximum absolute atomic E-state index is 8.60. The Morgan fingerprint density at radius 2 is 2.07 bits per heavy atom. The minimum absolute atomic E-state index is 0.466. The minimum atomic E-state index is -0.466. The van der Waals surface area contributed by atoms with Gasteiger partial charge in [-0.15, -0.1) is 0 Å². The molecule has 0 fully saturated rings. The summed E-state index contributed by atoms with van der Waals surface area (Å²) in [5.41, 5.74) is 1.10. The standard InChI is InChI=1S/C11H13NO2/c1-8-4-5-10(11(6-8)13-3)14-9(2)7-12/h4-6,9H,1-3H3. The van der Waals surface area contributed by atoms with Crippen LogP contribution in [-0.2, 0) is 0 Å². The largest absolute Gasteiger partial charge is 0.493 e. The molecule has 1 rings (SSSR count). The maximum atomic E-state index is 8.60. The summed E-state index contributed by atoms with van der Waals surface area (Å²) >= 11 is 0. The Kier molecular flexibility index (Phi) is 3.35. The van der Waals surface area contributed by atoms with Crippen molar-refractivity contribution in [1.29, 1.82) is 5.26 Å². The molecule has 3 heteroatoms. The molecule has 0 saturated heterocycles. The van der Waals surface area contributed by atoms with Gasteiger partial charge in [-0.25, -0.2) is 0 Å². The number of hydrogen-bond acceptors (Lipinski definition) is 3. The molecule has 1 aromatic rings. The van der Waals surface area contributed by atoms with Gasteiger partial charge in [-0.1, -0.05) is 6.07 Å². The van der Waals surface area contributed by atoms with Crippen LogP contribution in [0.25, 0.3) is 0 Å². The zero-order valence-electron chi connectivity index (χ0n) is 8.57. The van der Waals surface area contributed by atoms with Gasteiger partial charge in [-0.05, 0) is 31.5 Å². The third kappa shape index (κ3) is 2.40. The van der Waals surface area contributed by atoms with Crippen molar-refractivity contribution in [3.05, 3.63) is 23.8 Å². The Labute approximate surface area is 83.9 Å². The summed E-state index contributed by atoms with van der Waals surface area (Å²) in [6.45, 7) is 3.67. The molecular weight excluding hydrogens is 178 g/mol. The topological polar surface area (TPSA) is 42.2 Å². The van der Waals surface area contributed by atoms with E-state index in [4.69, 9.17) is 14.7 Å². The third-order valence-electron chi connectivity index (χ3n) is 1.80. The zero-order valence-corrected chi connectivity index (χ0v) is 8.57. The molecule has 0 heterocycles. The second kappa shape index (κ2) is 4.52. The average molecular weight is 191 g/mol. The van der Waals surface area contributed by atoms with Crippen molar-refractivity contribution in [2.24, 2.45) is 0 Å². The van der Waals surface area contributed by atoms with Crippen LogP contribution in [0.4, 0.5) is 0 Å². The summed E-state index contributed by atoms with van der Waals surface area (Å²) in [7, 11) is 1.58. The van der Waals surface area contributed by atoms with E-state index in [0.717, 1.165) is 5.56 Å². The van der Waals surface area contributed by atoms with Gasteiger partial charge in [0.25, 0.3) is 0 Å². The number of methoxy groups -OCH3 is 1. The molecule has 0 bridgehead atoms. The van der Waals surface area contributed by atoms with Gasteiger partial charge in [0.2, 0.25) is 0 Å². The molecule has 1 atom stereocenters. The second-order valence-corrected chi connectivity index (χ2v) is 3.04. The van der Waals surface area contributed by atoms with Crippen LogP contribution in [0.5, 0.6) is 11.5 Å². The predicted molar refractivity (Wildman–Crippen MR) is 53.4 cm³/mol. The van der Waals surface area contributed by atoms with Gasteiger partial charge in [-0.3, -0.25) is 0 Å². The van der Waals surface area contributed by atoms with Crippen molar-refractivity contribution < 1.29 is 9.47 Å². The van der Waals surface area contributed by atoms with E-state index in [9.17, 15) is 0 Å². The van der Waals surface area contributed by atoms with E-state index in [1.54, 1.807) is 14.0 Å². The first-order valence-electron chi connectivity index (χ1n) is 4.38. The zero-order chi connectivity index (χ0) is 10.6. The van der Waals surface area contributed by atoms with Gasteiger partial charge in [-0.2, -0.15) is 5.26 Å². The predicted octanol–water partition coefficient (Wildman–Crippen LogP) is 2.29. The Bertz CT molecular complexity index is 355. The fraction of sp³-hybridized carbons (Fsp3) is 0.364. The highest BCUT2D eigenvalue weighted by Gasteiger charge is 2.07. The number of rotatable bonds is 3. The van der Waals surface area contributed by atoms with Crippen molar-refractivity contribution in [2.45, 2.75) is 20.0 Å². The normalized spacial score (nSPS) is 11.6. The van der Waals surface area contributed by atoms with E-state index in [1.165, 1.54) is 0 Å². The van der Waals surface area contributed by atoms with Crippen molar-refractivity contribution in [2.75, 3.05) is 7.11 Å². The monoisotopic (exact) mass is 191 g/mol. The van der Waals surface area contributed by atoms with Crippen molar-refractivity contribution in [1.82, 2.24) is 0 Å². The molecule has 0 aromatic heterocycles. The van der Waals surface area contributed by atoms with Gasteiger partial charge in [0.15, 0.2) is 17.6 Å². The molecular formula is C11H13NO2. The lowest BCUT2D eigenvalue weighted by atomic mass is 10.2. The molecule has 0 aliphatic heterocycles. The molecule has 0 N–H and O–H groups in total. The SMILES string of the molecule is COc1cc(C)ccc1OC(C)C#N. The summed E-state index contributed by atoms with van der Waals surface area (Å²) in [5, 5.41) is 8.60. The fourth-order valence-corrected chi connectivity index (χ4v) is 1.09. The number of ether oxygens (including phenoxy) is 2. The fourth-order valence-electron chi connectivity index (χ4n) is 1.09. The Morgan fingerprint density at radius 3 is 2.64 bits per heavy atom. The number of benzene rings is 1. The van der Waals surface area contributed by atoms with Crippen LogP contribution in [0.3, 0.4) is 0 Å². The van der Waals surface area contributed by atoms with E-state index >= 15 is 0 Å². The maximum Gasteiger partial charge on any atom is 0.181 e. The van der Waals surface area contributed by atoms with Crippen molar-refractivity contribution in [3.8, 4) is 17.6 Å². The molecule has 3 nitrogen and oxygen atoms in total. The van der Waals surface area contributed by atoms with E-state index < -0.39 is 6.10 Å². The average Bonchev–Trinajstić information content (AvgIpc) is 2.20. The molecule has 0 spiro atoms. The molecule has 14 heavy (non-hydrogen) atoms. The number of hydrogen-bond donors (Lipinski definition) is 0. The van der Waals surface area contributed by atoms with Gasteiger partial charge >= 0.3 is 0 Å². The number of aryl methyl sites for hydroxylation is 1. The first-order chi connectivity index (χ1) is 6.67. The van der Waals surface area contributed by atoms with Crippen LogP contribution in [-0.4, -0.2) is 13.2 Å². The highest BCUT2D eigenvalue weighted by atomic mass is 16.5. The third-order valence-corrected chi connectivity index (χ3v) is 1.80. The van der Waals surface area contributed by atoms with Crippen LogP contribution in [0, 0.1) is 18.3 Å². The van der Waals surface area contributed by atoms with E-state index in [0.29, 0.717) is 11.5 Å². The quantitative estimate of drug-likeness (QED) is 0.736. The second-order valence-electron chi connectivity index (χ2n) is 3.04. The Balaban J connectivity index is 2.92. The van der Waals surface area contributed by atoms with Crippen LogP contribution in [0.1, 0.15) is 12.5 Å². The highest BCUT2D eigenvalue weighted by molar-refractivity contribution is 5.42. The molecule has 0 amide bonds. The van der Waals surface area contributed by atoms with Crippen LogP contribution < -0.4 is 9.47 Å². The molecule has 0 aliphatic carbocycles. The lowest BCUT2D eigenvalue weighted by molar-refractivity contribution is 0.260. The van der Waals surface area contributed by atoms with Gasteiger partial charge in [0, 0.05) is 0 Å². The van der Waals surface area contributed by atoms with E-state index in [2.05, 4.69) is 0 Å². The van der Waals surface area contributed by atoms with Gasteiger partial charge < -0.3 is 9.47 Å². The lowest BCUT2D eigenvalue weighted by Gasteiger charge is -2.12. The van der Waals surface area contributed by atoms with Gasteiger partial charge in [0.05, 0.1) is 7.11 Å². The van der Waals surface area contributed by atoms with Crippen LogP contribution in [0.2, 0.25) is 0 Å². The van der Waals surface area contributed by atoms with E-state index in [1.807, 2.05) is 31.2 Å². The summed E-state index contributed by atoms with van der Waals surface area (Å²) in [6, 6.07) is 7.60. The minimum Gasteiger partial charge on any atom is -0.493 e. The number of nitriles is 1. The van der Waals surface area contributed by atoms with Crippen LogP contribution >= 0.6 is 0 Å². The lowest BCUT2D eigenvalue weighted by Crippen LogP contribution is -2.08.